The van der Waals surface area contributed by atoms with E-state index in [9.17, 15) is 4.39 Å². The first kappa shape index (κ1) is 9.51. The number of halogens is 1. The van der Waals surface area contributed by atoms with Crippen molar-refractivity contribution >= 4 is 0 Å². The van der Waals surface area contributed by atoms with Gasteiger partial charge in [-0.05, 0) is 24.1 Å². The molecule has 1 aliphatic rings. The summed E-state index contributed by atoms with van der Waals surface area (Å²) >= 11 is 0. The van der Waals surface area contributed by atoms with Gasteiger partial charge in [0.2, 0.25) is 0 Å². The number of aromatic nitrogens is 3. The van der Waals surface area contributed by atoms with Gasteiger partial charge in [0.25, 0.3) is 0 Å². The summed E-state index contributed by atoms with van der Waals surface area (Å²) in [6.07, 6.45) is 3.68. The maximum absolute atomic E-state index is 13.1. The van der Waals surface area contributed by atoms with E-state index >= 15 is 0 Å². The standard InChI is InChI=1S/C12H12FN3/c13-11-3-1-2-9(6-11)10-4-5-12-15-14-8-16(12)7-10/h1-3,6,8,10H,4-5,7H2. The molecule has 0 fully saturated rings. The topological polar surface area (TPSA) is 30.7 Å². The van der Waals surface area contributed by atoms with Gasteiger partial charge in [-0.1, -0.05) is 12.1 Å². The predicted octanol–water partition coefficient (Wildman–Crippen LogP) is 2.15. The molecule has 1 aliphatic heterocycles. The summed E-state index contributed by atoms with van der Waals surface area (Å²) in [6, 6.07) is 6.87. The van der Waals surface area contributed by atoms with Gasteiger partial charge in [-0.15, -0.1) is 10.2 Å². The van der Waals surface area contributed by atoms with Gasteiger partial charge >= 0.3 is 0 Å². The molecule has 2 aromatic rings. The molecule has 0 spiro atoms. The highest BCUT2D eigenvalue weighted by molar-refractivity contribution is 5.21. The van der Waals surface area contributed by atoms with Crippen LogP contribution in [0.1, 0.15) is 23.7 Å². The minimum absolute atomic E-state index is 0.160. The Balaban J connectivity index is 1.88. The van der Waals surface area contributed by atoms with Crippen LogP contribution in [-0.4, -0.2) is 14.8 Å². The highest BCUT2D eigenvalue weighted by atomic mass is 19.1. The Morgan fingerprint density at radius 3 is 3.19 bits per heavy atom. The molecule has 3 nitrogen and oxygen atoms in total. The lowest BCUT2D eigenvalue weighted by molar-refractivity contribution is 0.454. The van der Waals surface area contributed by atoms with Crippen LogP contribution in [0.3, 0.4) is 0 Å². The van der Waals surface area contributed by atoms with Crippen molar-refractivity contribution in [1.29, 1.82) is 0 Å². The molecule has 0 bridgehead atoms. The van der Waals surface area contributed by atoms with Crippen LogP contribution in [0.25, 0.3) is 0 Å². The normalized spacial score (nSPS) is 19.4. The monoisotopic (exact) mass is 217 g/mol. The van der Waals surface area contributed by atoms with E-state index in [-0.39, 0.29) is 5.82 Å². The zero-order chi connectivity index (χ0) is 11.0. The lowest BCUT2D eigenvalue weighted by Gasteiger charge is -2.23. The number of hydrogen-bond donors (Lipinski definition) is 0. The molecular formula is C12H12FN3. The van der Waals surface area contributed by atoms with Crippen molar-refractivity contribution in [3.8, 4) is 0 Å². The van der Waals surface area contributed by atoms with Gasteiger partial charge in [0.1, 0.15) is 18.0 Å². The number of rotatable bonds is 1. The maximum Gasteiger partial charge on any atom is 0.132 e. The second-order valence-electron chi connectivity index (χ2n) is 4.19. The fourth-order valence-electron chi connectivity index (χ4n) is 2.29. The summed E-state index contributed by atoms with van der Waals surface area (Å²) in [7, 11) is 0. The van der Waals surface area contributed by atoms with Crippen LogP contribution in [-0.2, 0) is 13.0 Å². The molecule has 0 saturated heterocycles. The summed E-state index contributed by atoms with van der Waals surface area (Å²) < 4.78 is 15.2. The Morgan fingerprint density at radius 2 is 2.31 bits per heavy atom. The first-order chi connectivity index (χ1) is 7.83. The molecular weight excluding hydrogens is 205 g/mol. The van der Waals surface area contributed by atoms with Gasteiger partial charge in [-0.2, -0.15) is 0 Å². The lowest BCUT2D eigenvalue weighted by atomic mass is 9.91. The molecule has 16 heavy (non-hydrogen) atoms. The van der Waals surface area contributed by atoms with Crippen molar-refractivity contribution in [3.63, 3.8) is 0 Å². The largest absolute Gasteiger partial charge is 0.317 e. The molecule has 0 radical (unpaired) electrons. The second-order valence-corrected chi connectivity index (χ2v) is 4.19. The second kappa shape index (κ2) is 3.70. The lowest BCUT2D eigenvalue weighted by Crippen LogP contribution is -2.18. The Bertz CT molecular complexity index is 506. The van der Waals surface area contributed by atoms with Crippen molar-refractivity contribution < 1.29 is 4.39 Å². The van der Waals surface area contributed by atoms with Gasteiger partial charge in [0, 0.05) is 18.9 Å². The number of benzene rings is 1. The van der Waals surface area contributed by atoms with Crippen LogP contribution in [0.15, 0.2) is 30.6 Å². The molecule has 82 valence electrons. The van der Waals surface area contributed by atoms with Crippen molar-refractivity contribution in [1.82, 2.24) is 14.8 Å². The molecule has 0 amide bonds. The molecule has 0 saturated carbocycles. The number of nitrogens with zero attached hydrogens (tertiary/aromatic N) is 3. The van der Waals surface area contributed by atoms with Crippen LogP contribution in [0.4, 0.5) is 4.39 Å². The summed E-state index contributed by atoms with van der Waals surface area (Å²) in [6.45, 7) is 0.853. The number of aryl methyl sites for hydroxylation is 1. The highest BCUT2D eigenvalue weighted by Crippen LogP contribution is 2.27. The van der Waals surface area contributed by atoms with Gasteiger partial charge in [0.05, 0.1) is 0 Å². The summed E-state index contributed by atoms with van der Waals surface area (Å²) in [5, 5.41) is 7.93. The average molecular weight is 217 g/mol. The fraction of sp³-hybridized carbons (Fsp3) is 0.333. The summed E-state index contributed by atoms with van der Waals surface area (Å²) in [4.78, 5) is 0. The zero-order valence-electron chi connectivity index (χ0n) is 8.81. The van der Waals surface area contributed by atoms with E-state index in [0.29, 0.717) is 5.92 Å². The minimum Gasteiger partial charge on any atom is -0.317 e. The smallest absolute Gasteiger partial charge is 0.132 e. The fourth-order valence-corrected chi connectivity index (χ4v) is 2.29. The van der Waals surface area contributed by atoms with Crippen molar-refractivity contribution in [3.05, 3.63) is 47.8 Å². The number of fused-ring (bicyclic) bond motifs is 1. The molecule has 1 aromatic heterocycles. The number of hydrogen-bond acceptors (Lipinski definition) is 2. The first-order valence-corrected chi connectivity index (χ1v) is 5.45. The summed E-state index contributed by atoms with van der Waals surface area (Å²) in [5.74, 6) is 1.25. The third-order valence-corrected chi connectivity index (χ3v) is 3.15. The van der Waals surface area contributed by atoms with E-state index in [1.54, 1.807) is 18.5 Å². The SMILES string of the molecule is Fc1cccc(C2CCc3nncn3C2)c1. The van der Waals surface area contributed by atoms with E-state index < -0.39 is 0 Å². The van der Waals surface area contributed by atoms with Crippen molar-refractivity contribution in [2.75, 3.05) is 0 Å². The maximum atomic E-state index is 13.1. The zero-order valence-corrected chi connectivity index (χ0v) is 8.81. The minimum atomic E-state index is -0.160. The van der Waals surface area contributed by atoms with Gasteiger partial charge in [0.15, 0.2) is 0 Å². The molecule has 1 unspecified atom stereocenters. The van der Waals surface area contributed by atoms with Crippen LogP contribution >= 0.6 is 0 Å². The molecule has 0 N–H and O–H groups in total. The third-order valence-electron chi connectivity index (χ3n) is 3.15. The van der Waals surface area contributed by atoms with Crippen molar-refractivity contribution in [2.24, 2.45) is 0 Å². The Morgan fingerprint density at radius 1 is 1.38 bits per heavy atom. The molecule has 1 atom stereocenters. The van der Waals surface area contributed by atoms with Crippen LogP contribution < -0.4 is 0 Å². The van der Waals surface area contributed by atoms with E-state index in [1.165, 1.54) is 6.07 Å². The quantitative estimate of drug-likeness (QED) is 0.732. The Hall–Kier alpha value is -1.71. The Kier molecular flexibility index (Phi) is 2.20. The van der Waals surface area contributed by atoms with Crippen LogP contribution in [0, 0.1) is 5.82 Å². The van der Waals surface area contributed by atoms with Crippen LogP contribution in [0.5, 0.6) is 0 Å². The van der Waals surface area contributed by atoms with E-state index in [0.717, 1.165) is 30.8 Å². The van der Waals surface area contributed by atoms with Gasteiger partial charge in [-0.3, -0.25) is 0 Å². The van der Waals surface area contributed by atoms with Gasteiger partial charge in [-0.25, -0.2) is 4.39 Å². The van der Waals surface area contributed by atoms with E-state index in [2.05, 4.69) is 14.8 Å². The first-order valence-electron chi connectivity index (χ1n) is 5.45. The molecule has 2 heterocycles. The third kappa shape index (κ3) is 1.60. The van der Waals surface area contributed by atoms with Crippen molar-refractivity contribution in [2.45, 2.75) is 25.3 Å². The van der Waals surface area contributed by atoms with E-state index in [1.807, 2.05) is 6.07 Å². The van der Waals surface area contributed by atoms with Gasteiger partial charge < -0.3 is 4.57 Å². The Labute approximate surface area is 92.9 Å². The summed E-state index contributed by atoms with van der Waals surface area (Å²) in [5.41, 5.74) is 1.07. The van der Waals surface area contributed by atoms with E-state index in [4.69, 9.17) is 0 Å². The average Bonchev–Trinajstić information content (AvgIpc) is 2.75. The molecule has 4 heteroatoms. The highest BCUT2D eigenvalue weighted by Gasteiger charge is 2.20. The molecule has 3 rings (SSSR count). The molecule has 1 aromatic carbocycles. The predicted molar refractivity (Wildman–Crippen MR) is 57.5 cm³/mol. The molecule has 0 aliphatic carbocycles. The van der Waals surface area contributed by atoms with Crippen LogP contribution in [0.2, 0.25) is 0 Å².